The molecule has 94 valence electrons. The molecule has 1 aromatic carbocycles. The third-order valence-corrected chi connectivity index (χ3v) is 2.71. The van der Waals surface area contributed by atoms with Crippen LogP contribution in [0.4, 0.5) is 0 Å². The van der Waals surface area contributed by atoms with Crippen LogP contribution in [0.5, 0.6) is 5.75 Å². The maximum atomic E-state index is 11.7. The molecule has 0 aliphatic rings. The third-order valence-electron chi connectivity index (χ3n) is 2.71. The van der Waals surface area contributed by atoms with Gasteiger partial charge in [0.05, 0.1) is 6.04 Å². The summed E-state index contributed by atoms with van der Waals surface area (Å²) in [4.78, 5) is 13.2. The normalized spacial score (nSPS) is 14.1. The van der Waals surface area contributed by atoms with Crippen LogP contribution in [0.15, 0.2) is 24.3 Å². The summed E-state index contributed by atoms with van der Waals surface area (Å²) in [7, 11) is 3.45. The lowest BCUT2D eigenvalue weighted by molar-refractivity contribution is -0.130. The molecule has 0 aliphatic heterocycles. The van der Waals surface area contributed by atoms with Crippen LogP contribution >= 0.6 is 0 Å². The first kappa shape index (κ1) is 13.5. The van der Waals surface area contributed by atoms with Gasteiger partial charge < -0.3 is 10.0 Å². The van der Waals surface area contributed by atoms with Crippen molar-refractivity contribution < 1.29 is 9.90 Å². The van der Waals surface area contributed by atoms with E-state index in [-0.39, 0.29) is 23.7 Å². The number of carbonyl (C=O) groups is 1. The predicted molar refractivity (Wildman–Crippen MR) is 67.8 cm³/mol. The zero-order valence-corrected chi connectivity index (χ0v) is 10.8. The van der Waals surface area contributed by atoms with Crippen LogP contribution in [0.2, 0.25) is 0 Å². The maximum absolute atomic E-state index is 11.7. The number of rotatable bonds is 4. The molecule has 1 rings (SSSR count). The van der Waals surface area contributed by atoms with Crippen LogP contribution in [0.25, 0.3) is 0 Å². The van der Waals surface area contributed by atoms with Crippen LogP contribution < -0.4 is 5.32 Å². The number of nitrogens with one attached hydrogen (secondary N) is 1. The van der Waals surface area contributed by atoms with Crippen molar-refractivity contribution >= 4 is 5.91 Å². The molecule has 2 N–H and O–H groups in total. The summed E-state index contributed by atoms with van der Waals surface area (Å²) in [5.74, 6) is 0.268. The van der Waals surface area contributed by atoms with Gasteiger partial charge in [-0.2, -0.15) is 0 Å². The molecule has 0 saturated carbocycles. The van der Waals surface area contributed by atoms with Crippen molar-refractivity contribution in [2.45, 2.75) is 25.9 Å². The number of aromatic hydroxyl groups is 1. The Morgan fingerprint density at radius 1 is 1.29 bits per heavy atom. The average Bonchev–Trinajstić information content (AvgIpc) is 2.28. The summed E-state index contributed by atoms with van der Waals surface area (Å²) in [5.41, 5.74) is 0.797. The monoisotopic (exact) mass is 236 g/mol. The van der Waals surface area contributed by atoms with Crippen LogP contribution in [-0.2, 0) is 4.79 Å². The molecule has 17 heavy (non-hydrogen) atoms. The van der Waals surface area contributed by atoms with Gasteiger partial charge in [-0.05, 0) is 19.9 Å². The molecule has 0 saturated heterocycles. The highest BCUT2D eigenvalue weighted by atomic mass is 16.3. The highest BCUT2D eigenvalue weighted by Crippen LogP contribution is 2.23. The number of para-hydroxylation sites is 1. The molecule has 0 bridgehead atoms. The molecule has 0 fully saturated rings. The first-order valence-corrected chi connectivity index (χ1v) is 5.68. The minimum absolute atomic E-state index is 0.0206. The lowest BCUT2D eigenvalue weighted by Crippen LogP contribution is -2.42. The topological polar surface area (TPSA) is 52.6 Å². The second-order valence-electron chi connectivity index (χ2n) is 4.40. The standard InChI is InChI=1S/C13H20N2O2/c1-9(11-7-5-6-8-12(11)16)14-10(2)13(17)15(3)4/h5-10,14,16H,1-4H3. The summed E-state index contributed by atoms with van der Waals surface area (Å²) in [6, 6.07) is 6.78. The molecule has 4 heteroatoms. The molecule has 0 aromatic heterocycles. The Bertz CT molecular complexity index is 391. The number of hydrogen-bond donors (Lipinski definition) is 2. The zero-order chi connectivity index (χ0) is 13.0. The Hall–Kier alpha value is -1.55. The van der Waals surface area contributed by atoms with E-state index < -0.39 is 0 Å². The molecule has 0 spiro atoms. The van der Waals surface area contributed by atoms with Crippen molar-refractivity contribution in [3.05, 3.63) is 29.8 Å². The van der Waals surface area contributed by atoms with Gasteiger partial charge in [0.1, 0.15) is 5.75 Å². The summed E-state index contributed by atoms with van der Waals surface area (Å²) < 4.78 is 0. The number of benzene rings is 1. The van der Waals surface area contributed by atoms with Crippen LogP contribution in [0.3, 0.4) is 0 Å². The van der Waals surface area contributed by atoms with E-state index in [4.69, 9.17) is 0 Å². The fourth-order valence-electron chi connectivity index (χ4n) is 1.78. The molecule has 1 aromatic rings. The largest absolute Gasteiger partial charge is 0.508 e. The van der Waals surface area contributed by atoms with Gasteiger partial charge in [0.25, 0.3) is 0 Å². The van der Waals surface area contributed by atoms with Gasteiger partial charge in [-0.3, -0.25) is 10.1 Å². The second-order valence-corrected chi connectivity index (χ2v) is 4.40. The summed E-state index contributed by atoms with van der Waals surface area (Å²) in [5, 5.41) is 12.9. The van der Waals surface area contributed by atoms with Crippen molar-refractivity contribution in [1.29, 1.82) is 0 Å². The highest BCUT2D eigenvalue weighted by Gasteiger charge is 2.18. The van der Waals surface area contributed by atoms with E-state index in [1.54, 1.807) is 31.1 Å². The van der Waals surface area contributed by atoms with E-state index in [2.05, 4.69) is 5.32 Å². The third kappa shape index (κ3) is 3.46. The molecule has 0 heterocycles. The second kappa shape index (κ2) is 5.68. The number of hydrogen-bond acceptors (Lipinski definition) is 3. The lowest BCUT2D eigenvalue weighted by atomic mass is 10.1. The summed E-state index contributed by atoms with van der Waals surface area (Å²) in [6.07, 6.45) is 0. The summed E-state index contributed by atoms with van der Waals surface area (Å²) >= 11 is 0. The van der Waals surface area contributed by atoms with Crippen molar-refractivity contribution in [3.63, 3.8) is 0 Å². The molecule has 1 amide bonds. The molecule has 2 atom stereocenters. The fourth-order valence-corrected chi connectivity index (χ4v) is 1.78. The minimum Gasteiger partial charge on any atom is -0.508 e. The van der Waals surface area contributed by atoms with Crippen molar-refractivity contribution in [1.82, 2.24) is 10.2 Å². The van der Waals surface area contributed by atoms with Gasteiger partial charge in [-0.1, -0.05) is 18.2 Å². The van der Waals surface area contributed by atoms with Gasteiger partial charge in [0.2, 0.25) is 5.91 Å². The number of amides is 1. The Labute approximate surface area is 102 Å². The van der Waals surface area contributed by atoms with Gasteiger partial charge in [0, 0.05) is 25.7 Å². The van der Waals surface area contributed by atoms with E-state index in [9.17, 15) is 9.90 Å². The van der Waals surface area contributed by atoms with Crippen molar-refractivity contribution in [2.24, 2.45) is 0 Å². The molecule has 0 aliphatic carbocycles. The number of likely N-dealkylation sites (N-methyl/N-ethyl adjacent to an activating group) is 1. The Kier molecular flexibility index (Phi) is 4.52. The Morgan fingerprint density at radius 2 is 1.88 bits per heavy atom. The first-order chi connectivity index (χ1) is 7.93. The molecule has 4 nitrogen and oxygen atoms in total. The number of phenolic OH excluding ortho intramolecular Hbond substituents is 1. The van der Waals surface area contributed by atoms with Crippen LogP contribution in [-0.4, -0.2) is 36.1 Å². The van der Waals surface area contributed by atoms with Gasteiger partial charge in [-0.25, -0.2) is 0 Å². The lowest BCUT2D eigenvalue weighted by Gasteiger charge is -2.22. The molecule has 0 radical (unpaired) electrons. The van der Waals surface area contributed by atoms with E-state index in [0.29, 0.717) is 0 Å². The van der Waals surface area contributed by atoms with E-state index in [1.807, 2.05) is 26.0 Å². The van der Waals surface area contributed by atoms with Gasteiger partial charge in [-0.15, -0.1) is 0 Å². The fraction of sp³-hybridized carbons (Fsp3) is 0.462. The minimum atomic E-state index is -0.278. The smallest absolute Gasteiger partial charge is 0.238 e. The SMILES string of the molecule is CC(NC(C)c1ccccc1O)C(=O)N(C)C. The first-order valence-electron chi connectivity index (χ1n) is 5.68. The van der Waals surface area contributed by atoms with Crippen LogP contribution in [0, 0.1) is 0 Å². The van der Waals surface area contributed by atoms with E-state index >= 15 is 0 Å². The van der Waals surface area contributed by atoms with Gasteiger partial charge in [0.15, 0.2) is 0 Å². The molecule has 2 unspecified atom stereocenters. The number of phenols is 1. The van der Waals surface area contributed by atoms with Gasteiger partial charge >= 0.3 is 0 Å². The van der Waals surface area contributed by atoms with Crippen molar-refractivity contribution in [2.75, 3.05) is 14.1 Å². The van der Waals surface area contributed by atoms with Crippen molar-refractivity contribution in [3.8, 4) is 5.75 Å². The van der Waals surface area contributed by atoms with Crippen LogP contribution in [0.1, 0.15) is 25.5 Å². The Morgan fingerprint density at radius 3 is 2.41 bits per heavy atom. The summed E-state index contributed by atoms with van der Waals surface area (Å²) in [6.45, 7) is 3.74. The molecular weight excluding hydrogens is 216 g/mol. The quantitative estimate of drug-likeness (QED) is 0.833. The average molecular weight is 236 g/mol. The number of nitrogens with zero attached hydrogens (tertiary/aromatic N) is 1. The Balaban J connectivity index is 2.70. The maximum Gasteiger partial charge on any atom is 0.238 e. The predicted octanol–water partition coefficient (Wildman–Crippen LogP) is 1.52. The van der Waals surface area contributed by atoms with E-state index in [0.717, 1.165) is 5.56 Å². The zero-order valence-electron chi connectivity index (χ0n) is 10.8. The molecular formula is C13H20N2O2. The van der Waals surface area contributed by atoms with E-state index in [1.165, 1.54) is 0 Å². The highest BCUT2D eigenvalue weighted by molar-refractivity contribution is 5.80. The number of carbonyl (C=O) groups excluding carboxylic acids is 1.